The first-order valence-electron chi connectivity index (χ1n) is 9.99. The number of para-hydroxylation sites is 1. The zero-order valence-electron chi connectivity index (χ0n) is 16.7. The Hall–Kier alpha value is -1.83. The van der Waals surface area contributed by atoms with Crippen LogP contribution in [0.1, 0.15) is 18.7 Å². The predicted molar refractivity (Wildman–Crippen MR) is 118 cm³/mol. The van der Waals surface area contributed by atoms with Gasteiger partial charge < -0.3 is 19.9 Å². The van der Waals surface area contributed by atoms with E-state index in [0.29, 0.717) is 12.4 Å². The number of ether oxygens (including phenoxy) is 1. The molecule has 3 heterocycles. The van der Waals surface area contributed by atoms with Gasteiger partial charge in [-0.2, -0.15) is 11.8 Å². The average molecular weight is 400 g/mol. The molecule has 1 saturated heterocycles. The molecule has 2 N–H and O–H groups in total. The number of aryl methyl sites for hydroxylation is 1. The number of hydrogen-bond acceptors (Lipinski definition) is 6. The van der Waals surface area contributed by atoms with Gasteiger partial charge in [0.15, 0.2) is 5.82 Å². The Morgan fingerprint density at radius 2 is 2.07 bits per heavy atom. The van der Waals surface area contributed by atoms with E-state index < -0.39 is 0 Å². The molecule has 0 aliphatic carbocycles. The molecule has 0 radical (unpaired) electrons. The van der Waals surface area contributed by atoms with Crippen LogP contribution < -0.4 is 5.73 Å². The second-order valence-electron chi connectivity index (χ2n) is 7.51. The monoisotopic (exact) mass is 399 g/mol. The van der Waals surface area contributed by atoms with Crippen LogP contribution in [0.15, 0.2) is 24.3 Å². The molecule has 3 aromatic rings. The lowest BCUT2D eigenvalue weighted by molar-refractivity contribution is 0.199. The van der Waals surface area contributed by atoms with Crippen LogP contribution >= 0.6 is 11.8 Å². The molecule has 4 rings (SSSR count). The number of fused-ring (bicyclic) bond motifs is 3. The van der Waals surface area contributed by atoms with Gasteiger partial charge >= 0.3 is 0 Å². The first-order chi connectivity index (χ1) is 13.7. The fourth-order valence-electron chi connectivity index (χ4n) is 3.82. The van der Waals surface area contributed by atoms with Crippen molar-refractivity contribution in [1.82, 2.24) is 19.4 Å². The minimum atomic E-state index is 0.508. The van der Waals surface area contributed by atoms with Gasteiger partial charge in [-0.05, 0) is 32.5 Å². The van der Waals surface area contributed by atoms with Gasteiger partial charge in [-0.15, -0.1) is 0 Å². The zero-order valence-corrected chi connectivity index (χ0v) is 17.5. The molecular weight excluding hydrogens is 370 g/mol. The Kier molecular flexibility index (Phi) is 6.04. The van der Waals surface area contributed by atoms with Crippen molar-refractivity contribution in [3.05, 3.63) is 30.1 Å². The first kappa shape index (κ1) is 19.5. The number of rotatable bonds is 9. The van der Waals surface area contributed by atoms with Gasteiger partial charge in [-0.25, -0.2) is 9.97 Å². The normalized spacial score (nSPS) is 15.0. The van der Waals surface area contributed by atoms with Crippen molar-refractivity contribution in [3.63, 3.8) is 0 Å². The van der Waals surface area contributed by atoms with Crippen molar-refractivity contribution in [2.75, 3.05) is 44.5 Å². The second-order valence-corrected chi connectivity index (χ2v) is 8.59. The van der Waals surface area contributed by atoms with Crippen LogP contribution in [0.2, 0.25) is 0 Å². The third-order valence-electron chi connectivity index (χ3n) is 5.61. The topological polar surface area (TPSA) is 69.2 Å². The molecule has 6 nitrogen and oxygen atoms in total. The van der Waals surface area contributed by atoms with E-state index in [1.165, 1.54) is 17.9 Å². The SMILES string of the molecule is COCCc1nc2c(N)nc3ccccc3c2n1CCCCN(C)C1CSC1. The molecule has 28 heavy (non-hydrogen) atoms. The van der Waals surface area contributed by atoms with Gasteiger partial charge in [0.2, 0.25) is 0 Å². The Balaban J connectivity index is 1.60. The number of imidazole rings is 1. The highest BCUT2D eigenvalue weighted by atomic mass is 32.2. The molecule has 1 aliphatic rings. The molecular formula is C21H29N5OS. The van der Waals surface area contributed by atoms with E-state index in [2.05, 4.69) is 33.6 Å². The Bertz CT molecular complexity index is 953. The summed E-state index contributed by atoms with van der Waals surface area (Å²) in [6.45, 7) is 2.74. The number of aromatic nitrogens is 3. The molecule has 0 saturated carbocycles. The van der Waals surface area contributed by atoms with Crippen LogP contribution in [-0.2, 0) is 17.7 Å². The summed E-state index contributed by atoms with van der Waals surface area (Å²) < 4.78 is 7.65. The van der Waals surface area contributed by atoms with Crippen LogP contribution in [0.3, 0.4) is 0 Å². The van der Waals surface area contributed by atoms with E-state index in [1.54, 1.807) is 7.11 Å². The first-order valence-corrected chi connectivity index (χ1v) is 11.1. The number of anilines is 1. The maximum Gasteiger partial charge on any atom is 0.152 e. The summed E-state index contributed by atoms with van der Waals surface area (Å²) in [4.78, 5) is 11.9. The van der Waals surface area contributed by atoms with Crippen molar-refractivity contribution < 1.29 is 4.74 Å². The summed E-state index contributed by atoms with van der Waals surface area (Å²) in [6, 6.07) is 8.96. The lowest BCUT2D eigenvalue weighted by atomic mass is 10.2. The molecule has 2 aromatic heterocycles. The molecule has 150 valence electrons. The minimum absolute atomic E-state index is 0.508. The highest BCUT2D eigenvalue weighted by Gasteiger charge is 2.22. The lowest BCUT2D eigenvalue weighted by Gasteiger charge is -2.34. The number of methoxy groups -OCH3 is 1. The third-order valence-corrected chi connectivity index (χ3v) is 6.85. The molecule has 0 unspecified atom stereocenters. The molecule has 0 spiro atoms. The highest BCUT2D eigenvalue weighted by molar-refractivity contribution is 8.00. The van der Waals surface area contributed by atoms with Crippen LogP contribution in [0, 0.1) is 0 Å². The highest BCUT2D eigenvalue weighted by Crippen LogP contribution is 2.29. The quantitative estimate of drug-likeness (QED) is 0.557. The summed E-state index contributed by atoms with van der Waals surface area (Å²) in [6.07, 6.45) is 3.07. The van der Waals surface area contributed by atoms with Crippen molar-refractivity contribution in [2.24, 2.45) is 0 Å². The van der Waals surface area contributed by atoms with Crippen molar-refractivity contribution in [1.29, 1.82) is 0 Å². The minimum Gasteiger partial charge on any atom is -0.384 e. The smallest absolute Gasteiger partial charge is 0.152 e. The molecule has 0 amide bonds. The fourth-order valence-corrected chi connectivity index (χ4v) is 4.78. The van der Waals surface area contributed by atoms with E-state index in [4.69, 9.17) is 15.5 Å². The Morgan fingerprint density at radius 3 is 2.82 bits per heavy atom. The Morgan fingerprint density at radius 1 is 1.25 bits per heavy atom. The number of nitrogens with zero attached hydrogens (tertiary/aromatic N) is 4. The largest absolute Gasteiger partial charge is 0.384 e. The van der Waals surface area contributed by atoms with Crippen molar-refractivity contribution in [2.45, 2.75) is 31.8 Å². The van der Waals surface area contributed by atoms with E-state index in [0.717, 1.165) is 59.7 Å². The standard InChI is InChI=1S/C21H29N5OS/c1-25(15-13-28-14-15)10-5-6-11-26-18(9-12-27-2)24-19-20(26)16-7-3-4-8-17(16)23-21(19)22/h3-4,7-8,15H,5-6,9-14H2,1-2H3,(H2,22,23). The molecule has 1 aliphatic heterocycles. The van der Waals surface area contributed by atoms with Gasteiger partial charge in [0.25, 0.3) is 0 Å². The van der Waals surface area contributed by atoms with Gasteiger partial charge in [0, 0.05) is 43.0 Å². The maximum atomic E-state index is 6.26. The van der Waals surface area contributed by atoms with Crippen LogP contribution in [0.25, 0.3) is 21.9 Å². The van der Waals surface area contributed by atoms with Crippen LogP contribution in [-0.4, -0.2) is 64.3 Å². The van der Waals surface area contributed by atoms with Gasteiger partial charge in [0.05, 0.1) is 17.6 Å². The molecule has 0 bridgehead atoms. The number of nitrogens with two attached hydrogens (primary N) is 1. The predicted octanol–water partition coefficient (Wildman–Crippen LogP) is 3.18. The van der Waals surface area contributed by atoms with Crippen molar-refractivity contribution >= 4 is 39.5 Å². The van der Waals surface area contributed by atoms with Gasteiger partial charge in [-0.3, -0.25) is 0 Å². The number of thioether (sulfide) groups is 1. The fraction of sp³-hybridized carbons (Fsp3) is 0.524. The summed E-state index contributed by atoms with van der Waals surface area (Å²) in [7, 11) is 3.98. The zero-order chi connectivity index (χ0) is 19.5. The molecule has 1 aromatic carbocycles. The molecule has 0 atom stereocenters. The van der Waals surface area contributed by atoms with E-state index >= 15 is 0 Å². The summed E-state index contributed by atoms with van der Waals surface area (Å²) in [5, 5.41) is 1.12. The number of unbranched alkanes of at least 4 members (excludes halogenated alkanes) is 1. The summed E-state index contributed by atoms with van der Waals surface area (Å²) >= 11 is 2.04. The number of hydrogen-bond donors (Lipinski definition) is 1. The lowest BCUT2D eigenvalue weighted by Crippen LogP contribution is -2.42. The van der Waals surface area contributed by atoms with Gasteiger partial charge in [-0.1, -0.05) is 18.2 Å². The third kappa shape index (κ3) is 3.83. The molecule has 7 heteroatoms. The Labute approximate surface area is 170 Å². The van der Waals surface area contributed by atoms with Crippen LogP contribution in [0.4, 0.5) is 5.82 Å². The molecule has 1 fully saturated rings. The average Bonchev–Trinajstić information content (AvgIpc) is 3.01. The van der Waals surface area contributed by atoms with E-state index in [9.17, 15) is 0 Å². The number of benzene rings is 1. The van der Waals surface area contributed by atoms with Crippen molar-refractivity contribution in [3.8, 4) is 0 Å². The van der Waals surface area contributed by atoms with Crippen LogP contribution in [0.5, 0.6) is 0 Å². The number of pyridine rings is 1. The second kappa shape index (κ2) is 8.68. The number of nitrogen functional groups attached to an aromatic ring is 1. The van der Waals surface area contributed by atoms with E-state index in [-0.39, 0.29) is 0 Å². The van der Waals surface area contributed by atoms with Gasteiger partial charge in [0.1, 0.15) is 11.3 Å². The summed E-state index contributed by atoms with van der Waals surface area (Å²) in [5.74, 6) is 4.10. The van der Waals surface area contributed by atoms with E-state index in [1.807, 2.05) is 23.9 Å². The summed E-state index contributed by atoms with van der Waals surface area (Å²) in [5.41, 5.74) is 9.10. The maximum absolute atomic E-state index is 6.26.